The Morgan fingerprint density at radius 3 is 2.53 bits per heavy atom. The summed E-state index contributed by atoms with van der Waals surface area (Å²) in [4.78, 5) is 2.60. The molecule has 0 radical (unpaired) electrons. The summed E-state index contributed by atoms with van der Waals surface area (Å²) in [5.74, 6) is 0. The van der Waals surface area contributed by atoms with Crippen LogP contribution in [0.25, 0.3) is 0 Å². The van der Waals surface area contributed by atoms with Gasteiger partial charge in [0.1, 0.15) is 0 Å². The third-order valence-electron chi connectivity index (χ3n) is 3.76. The summed E-state index contributed by atoms with van der Waals surface area (Å²) in [6.07, 6.45) is 8.25. The molecule has 0 aromatic rings. The van der Waals surface area contributed by atoms with Crippen molar-refractivity contribution in [2.45, 2.75) is 64.5 Å². The van der Waals surface area contributed by atoms with E-state index >= 15 is 0 Å². The molecule has 1 saturated carbocycles. The van der Waals surface area contributed by atoms with Gasteiger partial charge in [0.2, 0.25) is 0 Å². The third-order valence-corrected chi connectivity index (χ3v) is 3.76. The molecule has 1 rings (SSSR count). The van der Waals surface area contributed by atoms with Crippen LogP contribution in [-0.4, -0.2) is 37.1 Å². The quantitative estimate of drug-likeness (QED) is 0.653. The molecule has 1 aliphatic carbocycles. The van der Waals surface area contributed by atoms with Crippen LogP contribution in [-0.2, 0) is 0 Å². The highest BCUT2D eigenvalue weighted by molar-refractivity contribution is 4.78. The Hall–Kier alpha value is -0.0800. The van der Waals surface area contributed by atoms with Crippen molar-refractivity contribution in [3.05, 3.63) is 0 Å². The van der Waals surface area contributed by atoms with E-state index in [9.17, 15) is 0 Å². The number of nitrogens with zero attached hydrogens (tertiary/aromatic N) is 1. The lowest BCUT2D eigenvalue weighted by molar-refractivity contribution is 0.177. The Balaban J connectivity index is 2.11. The van der Waals surface area contributed by atoms with Crippen molar-refractivity contribution in [1.29, 1.82) is 0 Å². The van der Waals surface area contributed by atoms with Crippen molar-refractivity contribution < 1.29 is 0 Å². The molecule has 1 fully saturated rings. The Kier molecular flexibility index (Phi) is 6.26. The number of hydrogen-bond donors (Lipinski definition) is 1. The fourth-order valence-corrected chi connectivity index (χ4v) is 2.49. The summed E-state index contributed by atoms with van der Waals surface area (Å²) in [6.45, 7) is 6.93. The first kappa shape index (κ1) is 13.0. The van der Waals surface area contributed by atoms with E-state index in [0.29, 0.717) is 0 Å². The van der Waals surface area contributed by atoms with Gasteiger partial charge in [-0.05, 0) is 52.7 Å². The van der Waals surface area contributed by atoms with Crippen molar-refractivity contribution in [1.82, 2.24) is 10.2 Å². The first-order valence-corrected chi connectivity index (χ1v) is 6.68. The zero-order valence-electron chi connectivity index (χ0n) is 10.8. The smallest absolute Gasteiger partial charge is 0.00950 e. The van der Waals surface area contributed by atoms with E-state index in [2.05, 4.69) is 31.1 Å². The zero-order valence-corrected chi connectivity index (χ0v) is 10.8. The molecule has 0 spiro atoms. The van der Waals surface area contributed by atoms with Crippen LogP contribution in [0.3, 0.4) is 0 Å². The Labute approximate surface area is 95.4 Å². The molecule has 1 unspecified atom stereocenters. The van der Waals surface area contributed by atoms with E-state index in [4.69, 9.17) is 0 Å². The molecule has 1 N–H and O–H groups in total. The second-order valence-electron chi connectivity index (χ2n) is 4.99. The maximum absolute atomic E-state index is 3.48. The van der Waals surface area contributed by atoms with Crippen molar-refractivity contribution >= 4 is 0 Å². The van der Waals surface area contributed by atoms with Gasteiger partial charge in [-0.2, -0.15) is 0 Å². The summed E-state index contributed by atoms with van der Waals surface area (Å²) in [5.41, 5.74) is 0. The minimum atomic E-state index is 0.734. The first-order chi connectivity index (χ1) is 7.25. The fraction of sp³-hybridized carbons (Fsp3) is 1.00. The number of hydrogen-bond acceptors (Lipinski definition) is 2. The average Bonchev–Trinajstić information content (AvgIpc) is 2.76. The molecule has 1 atom stereocenters. The molecule has 15 heavy (non-hydrogen) atoms. The molecule has 0 bridgehead atoms. The Morgan fingerprint density at radius 1 is 1.27 bits per heavy atom. The van der Waals surface area contributed by atoms with E-state index in [1.54, 1.807) is 0 Å². The molecule has 0 aromatic carbocycles. The average molecular weight is 212 g/mol. The van der Waals surface area contributed by atoms with Gasteiger partial charge in [0, 0.05) is 12.1 Å². The van der Waals surface area contributed by atoms with Crippen LogP contribution in [0.1, 0.15) is 52.4 Å². The topological polar surface area (TPSA) is 15.3 Å². The van der Waals surface area contributed by atoms with Gasteiger partial charge in [0.05, 0.1) is 0 Å². The lowest BCUT2D eigenvalue weighted by Gasteiger charge is -2.30. The van der Waals surface area contributed by atoms with Gasteiger partial charge in [-0.15, -0.1) is 0 Å². The number of nitrogens with one attached hydrogen (secondary N) is 1. The second-order valence-corrected chi connectivity index (χ2v) is 4.99. The van der Waals surface area contributed by atoms with E-state index in [-0.39, 0.29) is 0 Å². The lowest BCUT2D eigenvalue weighted by atomic mass is 10.1. The third kappa shape index (κ3) is 4.52. The SMILES string of the molecule is CCCNCCC(C)N(C)C1CCCC1. The Morgan fingerprint density at radius 2 is 1.93 bits per heavy atom. The molecule has 0 saturated heterocycles. The summed E-state index contributed by atoms with van der Waals surface area (Å²) in [5, 5.41) is 3.48. The molecule has 2 heteroatoms. The van der Waals surface area contributed by atoms with Crippen molar-refractivity contribution in [3.63, 3.8) is 0 Å². The predicted octanol–water partition coefficient (Wildman–Crippen LogP) is 2.64. The van der Waals surface area contributed by atoms with Crippen LogP contribution in [0.2, 0.25) is 0 Å². The van der Waals surface area contributed by atoms with Gasteiger partial charge < -0.3 is 10.2 Å². The molecule has 2 nitrogen and oxygen atoms in total. The zero-order chi connectivity index (χ0) is 11.1. The van der Waals surface area contributed by atoms with Gasteiger partial charge in [-0.1, -0.05) is 19.8 Å². The lowest BCUT2D eigenvalue weighted by Crippen LogP contribution is -2.38. The highest BCUT2D eigenvalue weighted by Gasteiger charge is 2.22. The van der Waals surface area contributed by atoms with Gasteiger partial charge in [-0.25, -0.2) is 0 Å². The van der Waals surface area contributed by atoms with Crippen molar-refractivity contribution in [2.75, 3.05) is 20.1 Å². The number of rotatable bonds is 7. The van der Waals surface area contributed by atoms with Gasteiger partial charge in [-0.3, -0.25) is 0 Å². The predicted molar refractivity (Wildman–Crippen MR) is 67.3 cm³/mol. The van der Waals surface area contributed by atoms with E-state index in [0.717, 1.165) is 12.1 Å². The monoisotopic (exact) mass is 212 g/mol. The normalized spacial score (nSPS) is 20.0. The Bertz CT molecular complexity index is 153. The van der Waals surface area contributed by atoms with Gasteiger partial charge in [0.15, 0.2) is 0 Å². The molecule has 1 aliphatic rings. The molecule has 0 heterocycles. The van der Waals surface area contributed by atoms with Gasteiger partial charge >= 0.3 is 0 Å². The van der Waals surface area contributed by atoms with Crippen LogP contribution in [0.5, 0.6) is 0 Å². The van der Waals surface area contributed by atoms with Crippen LogP contribution < -0.4 is 5.32 Å². The summed E-state index contributed by atoms with van der Waals surface area (Å²) >= 11 is 0. The van der Waals surface area contributed by atoms with Crippen molar-refractivity contribution in [3.8, 4) is 0 Å². The van der Waals surface area contributed by atoms with Crippen LogP contribution in [0, 0.1) is 0 Å². The minimum absolute atomic E-state index is 0.734. The molecule has 0 aromatic heterocycles. The minimum Gasteiger partial charge on any atom is -0.317 e. The summed E-state index contributed by atoms with van der Waals surface area (Å²) in [6, 6.07) is 1.60. The summed E-state index contributed by atoms with van der Waals surface area (Å²) in [7, 11) is 2.31. The molecule has 90 valence electrons. The van der Waals surface area contributed by atoms with Crippen LogP contribution in [0.4, 0.5) is 0 Å². The van der Waals surface area contributed by atoms with Gasteiger partial charge in [0.25, 0.3) is 0 Å². The fourth-order valence-electron chi connectivity index (χ4n) is 2.49. The van der Waals surface area contributed by atoms with E-state index < -0.39 is 0 Å². The molecule has 0 aliphatic heterocycles. The molecule has 0 amide bonds. The molecular formula is C13H28N2. The maximum atomic E-state index is 3.48. The van der Waals surface area contributed by atoms with E-state index in [1.807, 2.05) is 0 Å². The second kappa shape index (κ2) is 7.24. The summed E-state index contributed by atoms with van der Waals surface area (Å²) < 4.78 is 0. The standard InChI is InChI=1S/C13H28N2/c1-4-10-14-11-9-12(2)15(3)13-7-5-6-8-13/h12-14H,4-11H2,1-3H3. The maximum Gasteiger partial charge on any atom is 0.00950 e. The first-order valence-electron chi connectivity index (χ1n) is 6.68. The van der Waals surface area contributed by atoms with Crippen molar-refractivity contribution in [2.24, 2.45) is 0 Å². The molecular weight excluding hydrogens is 184 g/mol. The van der Waals surface area contributed by atoms with Crippen LogP contribution in [0.15, 0.2) is 0 Å². The highest BCUT2D eigenvalue weighted by Crippen LogP contribution is 2.24. The highest BCUT2D eigenvalue weighted by atomic mass is 15.2. The van der Waals surface area contributed by atoms with E-state index in [1.165, 1.54) is 51.6 Å². The van der Waals surface area contributed by atoms with Crippen LogP contribution >= 0.6 is 0 Å². The largest absolute Gasteiger partial charge is 0.317 e.